The fourth-order valence-electron chi connectivity index (χ4n) is 2.40. The Kier molecular flexibility index (Phi) is 7.21. The first kappa shape index (κ1) is 14.5. The molecule has 1 atom stereocenters. The summed E-state index contributed by atoms with van der Waals surface area (Å²) in [6.45, 7) is 6.41. The molecule has 1 aliphatic heterocycles. The minimum Gasteiger partial charge on any atom is -0.359 e. The maximum atomic E-state index is 11.3. The molecule has 0 bridgehead atoms. The van der Waals surface area contributed by atoms with E-state index in [1.165, 1.54) is 25.7 Å². The van der Waals surface area contributed by atoms with Crippen molar-refractivity contribution in [3.8, 4) is 0 Å². The van der Waals surface area contributed by atoms with Crippen LogP contribution < -0.4 is 10.6 Å². The molecule has 17 heavy (non-hydrogen) atoms. The molecule has 1 saturated heterocycles. The summed E-state index contributed by atoms with van der Waals surface area (Å²) < 4.78 is 0. The molecule has 1 amide bonds. The molecule has 0 radical (unpaired) electrons. The van der Waals surface area contributed by atoms with Crippen molar-refractivity contribution >= 4 is 5.91 Å². The van der Waals surface area contributed by atoms with Crippen molar-refractivity contribution in [1.82, 2.24) is 15.5 Å². The van der Waals surface area contributed by atoms with Gasteiger partial charge in [-0.15, -0.1) is 0 Å². The zero-order chi connectivity index (χ0) is 12.5. The second-order valence-electron chi connectivity index (χ2n) is 4.81. The number of nitrogens with zero attached hydrogens (tertiary/aromatic N) is 1. The normalized spacial score (nSPS) is 21.4. The number of nitrogens with one attached hydrogen (secondary N) is 2. The standard InChI is InChI=1S/C13H27N3O/c1-3-8-15-11-12-6-4-5-9-16(12)10-7-13(17)14-2/h12,15H,3-11H2,1-2H3,(H,14,17). The van der Waals surface area contributed by atoms with E-state index < -0.39 is 0 Å². The highest BCUT2D eigenvalue weighted by molar-refractivity contribution is 5.75. The number of amides is 1. The van der Waals surface area contributed by atoms with Gasteiger partial charge in [-0.1, -0.05) is 13.3 Å². The summed E-state index contributed by atoms with van der Waals surface area (Å²) in [6.07, 6.45) is 5.68. The summed E-state index contributed by atoms with van der Waals surface area (Å²) in [5.74, 6) is 0.149. The zero-order valence-electron chi connectivity index (χ0n) is 11.3. The Balaban J connectivity index is 2.29. The van der Waals surface area contributed by atoms with Crippen LogP contribution in [0.15, 0.2) is 0 Å². The Bertz CT molecular complexity index is 221. The van der Waals surface area contributed by atoms with E-state index in [4.69, 9.17) is 0 Å². The van der Waals surface area contributed by atoms with E-state index in [1.54, 1.807) is 7.05 Å². The summed E-state index contributed by atoms with van der Waals surface area (Å²) in [5, 5.41) is 6.18. The van der Waals surface area contributed by atoms with Gasteiger partial charge in [-0.3, -0.25) is 9.69 Å². The Morgan fingerprint density at radius 2 is 2.24 bits per heavy atom. The van der Waals surface area contributed by atoms with E-state index in [9.17, 15) is 4.79 Å². The first-order valence-corrected chi connectivity index (χ1v) is 6.93. The number of piperidine rings is 1. The summed E-state index contributed by atoms with van der Waals surface area (Å²) in [5.41, 5.74) is 0. The van der Waals surface area contributed by atoms with E-state index in [2.05, 4.69) is 22.5 Å². The Morgan fingerprint density at radius 1 is 1.41 bits per heavy atom. The lowest BCUT2D eigenvalue weighted by Crippen LogP contribution is -2.46. The highest BCUT2D eigenvalue weighted by atomic mass is 16.1. The molecular weight excluding hydrogens is 214 g/mol. The Morgan fingerprint density at radius 3 is 2.94 bits per heavy atom. The lowest BCUT2D eigenvalue weighted by molar-refractivity contribution is -0.121. The van der Waals surface area contributed by atoms with Gasteiger partial charge in [0.2, 0.25) is 5.91 Å². The second kappa shape index (κ2) is 8.48. The highest BCUT2D eigenvalue weighted by Gasteiger charge is 2.21. The monoisotopic (exact) mass is 241 g/mol. The van der Waals surface area contributed by atoms with Crippen molar-refractivity contribution in [3.05, 3.63) is 0 Å². The first-order valence-electron chi connectivity index (χ1n) is 6.93. The van der Waals surface area contributed by atoms with Crippen molar-refractivity contribution in [3.63, 3.8) is 0 Å². The molecule has 1 heterocycles. The summed E-state index contributed by atoms with van der Waals surface area (Å²) in [6, 6.07) is 0.625. The molecule has 0 aromatic rings. The lowest BCUT2D eigenvalue weighted by atomic mass is 10.0. The molecule has 1 fully saturated rings. The van der Waals surface area contributed by atoms with Crippen LogP contribution in [0.1, 0.15) is 39.0 Å². The fraction of sp³-hybridized carbons (Fsp3) is 0.923. The predicted octanol–water partition coefficient (Wildman–Crippen LogP) is 0.977. The molecule has 1 rings (SSSR count). The molecular formula is C13H27N3O. The predicted molar refractivity (Wildman–Crippen MR) is 71.1 cm³/mol. The van der Waals surface area contributed by atoms with Crippen LogP contribution in [0.25, 0.3) is 0 Å². The fourth-order valence-corrected chi connectivity index (χ4v) is 2.40. The van der Waals surface area contributed by atoms with Gasteiger partial charge in [0, 0.05) is 32.6 Å². The Hall–Kier alpha value is -0.610. The van der Waals surface area contributed by atoms with Crippen LogP contribution in [-0.4, -0.2) is 50.1 Å². The molecule has 1 aliphatic rings. The molecule has 0 aromatic heterocycles. The van der Waals surface area contributed by atoms with E-state index >= 15 is 0 Å². The van der Waals surface area contributed by atoms with Crippen molar-refractivity contribution in [2.24, 2.45) is 0 Å². The number of likely N-dealkylation sites (tertiary alicyclic amines) is 1. The second-order valence-corrected chi connectivity index (χ2v) is 4.81. The number of carbonyl (C=O) groups excluding carboxylic acids is 1. The molecule has 0 saturated carbocycles. The lowest BCUT2D eigenvalue weighted by Gasteiger charge is -2.35. The van der Waals surface area contributed by atoms with Gasteiger partial charge in [0.1, 0.15) is 0 Å². The number of hydrogen-bond donors (Lipinski definition) is 2. The van der Waals surface area contributed by atoms with Crippen LogP contribution >= 0.6 is 0 Å². The maximum Gasteiger partial charge on any atom is 0.221 e. The van der Waals surface area contributed by atoms with Gasteiger partial charge in [-0.2, -0.15) is 0 Å². The molecule has 1 unspecified atom stereocenters. The quantitative estimate of drug-likeness (QED) is 0.653. The molecule has 0 aromatic carbocycles. The van der Waals surface area contributed by atoms with Crippen molar-refractivity contribution < 1.29 is 4.79 Å². The molecule has 4 heteroatoms. The van der Waals surface area contributed by atoms with E-state index in [0.717, 1.165) is 26.2 Å². The van der Waals surface area contributed by atoms with Crippen LogP contribution in [0.3, 0.4) is 0 Å². The van der Waals surface area contributed by atoms with Crippen LogP contribution in [-0.2, 0) is 4.79 Å². The van der Waals surface area contributed by atoms with E-state index in [-0.39, 0.29) is 5.91 Å². The SMILES string of the molecule is CCCNCC1CCCCN1CCC(=O)NC. The summed E-state index contributed by atoms with van der Waals surface area (Å²) in [4.78, 5) is 13.7. The van der Waals surface area contributed by atoms with Crippen molar-refractivity contribution in [2.45, 2.75) is 45.1 Å². The van der Waals surface area contributed by atoms with Crippen LogP contribution in [0.4, 0.5) is 0 Å². The minimum atomic E-state index is 0.149. The average Bonchev–Trinajstić information content (AvgIpc) is 2.37. The molecule has 100 valence electrons. The maximum absolute atomic E-state index is 11.3. The highest BCUT2D eigenvalue weighted by Crippen LogP contribution is 2.16. The summed E-state index contributed by atoms with van der Waals surface area (Å²) in [7, 11) is 1.71. The van der Waals surface area contributed by atoms with Crippen LogP contribution in [0.2, 0.25) is 0 Å². The van der Waals surface area contributed by atoms with E-state index in [0.29, 0.717) is 12.5 Å². The van der Waals surface area contributed by atoms with Gasteiger partial charge in [-0.05, 0) is 32.4 Å². The third-order valence-electron chi connectivity index (χ3n) is 3.46. The zero-order valence-corrected chi connectivity index (χ0v) is 11.3. The van der Waals surface area contributed by atoms with Gasteiger partial charge in [-0.25, -0.2) is 0 Å². The third-order valence-corrected chi connectivity index (χ3v) is 3.46. The molecule has 0 spiro atoms. The number of carbonyl (C=O) groups is 1. The van der Waals surface area contributed by atoms with Crippen LogP contribution in [0.5, 0.6) is 0 Å². The number of rotatable bonds is 7. The Labute approximate surface area is 105 Å². The van der Waals surface area contributed by atoms with Gasteiger partial charge < -0.3 is 10.6 Å². The van der Waals surface area contributed by atoms with E-state index in [1.807, 2.05) is 0 Å². The van der Waals surface area contributed by atoms with Crippen LogP contribution in [0, 0.1) is 0 Å². The molecule has 4 nitrogen and oxygen atoms in total. The average molecular weight is 241 g/mol. The number of hydrogen-bond acceptors (Lipinski definition) is 3. The van der Waals surface area contributed by atoms with Gasteiger partial charge in [0.25, 0.3) is 0 Å². The molecule has 2 N–H and O–H groups in total. The van der Waals surface area contributed by atoms with Crippen molar-refractivity contribution in [1.29, 1.82) is 0 Å². The first-order chi connectivity index (χ1) is 8.27. The topological polar surface area (TPSA) is 44.4 Å². The summed E-state index contributed by atoms with van der Waals surface area (Å²) >= 11 is 0. The largest absolute Gasteiger partial charge is 0.359 e. The minimum absolute atomic E-state index is 0.149. The smallest absolute Gasteiger partial charge is 0.221 e. The molecule has 0 aliphatic carbocycles. The van der Waals surface area contributed by atoms with Gasteiger partial charge >= 0.3 is 0 Å². The van der Waals surface area contributed by atoms with Crippen molar-refractivity contribution in [2.75, 3.05) is 33.2 Å². The third kappa shape index (κ3) is 5.50. The van der Waals surface area contributed by atoms with Gasteiger partial charge in [0.05, 0.1) is 0 Å². The van der Waals surface area contributed by atoms with Gasteiger partial charge in [0.15, 0.2) is 0 Å².